The Hall–Kier alpha value is -3.60. The molecule has 0 bridgehead atoms. The van der Waals surface area contributed by atoms with Crippen molar-refractivity contribution in [3.63, 3.8) is 0 Å². The molecule has 0 saturated carbocycles. The van der Waals surface area contributed by atoms with Crippen LogP contribution in [0.4, 0.5) is 17.1 Å². The number of hydrogen-bond donors (Lipinski definition) is 2. The zero-order chi connectivity index (χ0) is 20.9. The van der Waals surface area contributed by atoms with Gasteiger partial charge in [0.05, 0.1) is 6.54 Å². The number of amides is 2. The minimum Gasteiger partial charge on any atom is -0.376 e. The number of nitrogens with one attached hydrogen (secondary N) is 2. The first-order valence-electron chi connectivity index (χ1n) is 10.3. The van der Waals surface area contributed by atoms with E-state index in [9.17, 15) is 9.59 Å². The number of hydrogen-bond acceptors (Lipinski definition) is 3. The molecule has 1 aliphatic rings. The van der Waals surface area contributed by atoms with Crippen LogP contribution in [0.1, 0.15) is 28.4 Å². The highest BCUT2D eigenvalue weighted by Crippen LogP contribution is 2.29. The Morgan fingerprint density at radius 2 is 1.73 bits per heavy atom. The van der Waals surface area contributed by atoms with Crippen LogP contribution in [0.15, 0.2) is 72.8 Å². The quantitative estimate of drug-likeness (QED) is 0.641. The Balaban J connectivity index is 1.37. The molecule has 5 heteroatoms. The summed E-state index contributed by atoms with van der Waals surface area (Å²) in [7, 11) is 0. The minimum absolute atomic E-state index is 0.0240. The summed E-state index contributed by atoms with van der Waals surface area (Å²) in [6.45, 7) is 2.91. The van der Waals surface area contributed by atoms with Gasteiger partial charge >= 0.3 is 0 Å². The van der Waals surface area contributed by atoms with Crippen LogP contribution in [-0.2, 0) is 17.6 Å². The third kappa shape index (κ3) is 4.35. The lowest BCUT2D eigenvalue weighted by Crippen LogP contribution is -2.29. The number of carbonyl (C=O) groups is 2. The van der Waals surface area contributed by atoms with Gasteiger partial charge in [-0.1, -0.05) is 43.3 Å². The minimum atomic E-state index is -0.135. The molecule has 0 radical (unpaired) electrons. The standard InChI is InChI=1S/C25H25N3O2/c1-2-18-10-12-21(13-11-18)27-24(29)17-26-22-8-5-7-20(16-22)25(30)28-15-14-19-6-3-4-9-23(19)28/h3-13,16,26H,2,14-15,17H2,1H3,(H,27,29). The first-order valence-corrected chi connectivity index (χ1v) is 10.3. The van der Waals surface area contributed by atoms with E-state index in [1.807, 2.05) is 65.6 Å². The average Bonchev–Trinajstić information content (AvgIpc) is 3.22. The van der Waals surface area contributed by atoms with Crippen LogP contribution < -0.4 is 15.5 Å². The number of fused-ring (bicyclic) bond motifs is 1. The maximum absolute atomic E-state index is 13.0. The summed E-state index contributed by atoms with van der Waals surface area (Å²) in [6.07, 6.45) is 1.84. The predicted octanol–water partition coefficient (Wildman–Crippen LogP) is 4.50. The predicted molar refractivity (Wildman–Crippen MR) is 121 cm³/mol. The lowest BCUT2D eigenvalue weighted by Gasteiger charge is -2.18. The molecule has 0 fully saturated rings. The molecule has 152 valence electrons. The van der Waals surface area contributed by atoms with Crippen molar-refractivity contribution in [2.75, 3.05) is 28.6 Å². The molecular weight excluding hydrogens is 374 g/mol. The lowest BCUT2D eigenvalue weighted by molar-refractivity contribution is -0.114. The van der Waals surface area contributed by atoms with E-state index >= 15 is 0 Å². The summed E-state index contributed by atoms with van der Waals surface area (Å²) >= 11 is 0. The average molecular weight is 399 g/mol. The van der Waals surface area contributed by atoms with E-state index in [0.29, 0.717) is 12.1 Å². The van der Waals surface area contributed by atoms with Crippen molar-refractivity contribution in [3.05, 3.63) is 89.5 Å². The summed E-state index contributed by atoms with van der Waals surface area (Å²) in [5, 5.41) is 5.99. The molecule has 4 rings (SSSR count). The topological polar surface area (TPSA) is 61.4 Å². The van der Waals surface area contributed by atoms with Gasteiger partial charge in [0.25, 0.3) is 5.91 Å². The third-order valence-electron chi connectivity index (χ3n) is 5.34. The van der Waals surface area contributed by atoms with E-state index in [1.54, 1.807) is 6.07 Å². The number of aryl methyl sites for hydroxylation is 1. The smallest absolute Gasteiger partial charge is 0.258 e. The lowest BCUT2D eigenvalue weighted by atomic mass is 10.1. The van der Waals surface area contributed by atoms with Gasteiger partial charge in [0.1, 0.15) is 0 Å². The van der Waals surface area contributed by atoms with Crippen molar-refractivity contribution in [2.45, 2.75) is 19.8 Å². The number of carbonyl (C=O) groups excluding carboxylic acids is 2. The molecule has 5 nitrogen and oxygen atoms in total. The Morgan fingerprint density at radius 1 is 0.933 bits per heavy atom. The molecule has 1 aliphatic heterocycles. The summed E-state index contributed by atoms with van der Waals surface area (Å²) in [5.41, 5.74) is 5.53. The molecule has 3 aromatic rings. The van der Waals surface area contributed by atoms with Gasteiger partial charge in [-0.05, 0) is 60.4 Å². The van der Waals surface area contributed by atoms with Crippen molar-refractivity contribution in [1.29, 1.82) is 0 Å². The van der Waals surface area contributed by atoms with E-state index in [0.717, 1.165) is 29.9 Å². The highest BCUT2D eigenvalue weighted by molar-refractivity contribution is 6.07. The molecular formula is C25H25N3O2. The maximum atomic E-state index is 13.0. The molecule has 0 saturated heterocycles. The van der Waals surface area contributed by atoms with E-state index in [4.69, 9.17) is 0 Å². The highest BCUT2D eigenvalue weighted by Gasteiger charge is 2.25. The molecule has 0 aliphatic carbocycles. The molecule has 0 aromatic heterocycles. The third-order valence-corrected chi connectivity index (χ3v) is 5.34. The van der Waals surface area contributed by atoms with Gasteiger partial charge in [-0.25, -0.2) is 0 Å². The monoisotopic (exact) mass is 399 g/mol. The van der Waals surface area contributed by atoms with Gasteiger partial charge in [0.15, 0.2) is 0 Å². The molecule has 30 heavy (non-hydrogen) atoms. The van der Waals surface area contributed by atoms with Crippen LogP contribution >= 0.6 is 0 Å². The van der Waals surface area contributed by atoms with E-state index in [2.05, 4.69) is 23.6 Å². The fourth-order valence-corrected chi connectivity index (χ4v) is 3.68. The van der Waals surface area contributed by atoms with Crippen LogP contribution in [0.3, 0.4) is 0 Å². The molecule has 3 aromatic carbocycles. The molecule has 1 heterocycles. The van der Waals surface area contributed by atoms with Gasteiger partial charge in [-0.2, -0.15) is 0 Å². The first kappa shape index (κ1) is 19.7. The van der Waals surface area contributed by atoms with Crippen molar-refractivity contribution in [1.82, 2.24) is 0 Å². The van der Waals surface area contributed by atoms with Crippen molar-refractivity contribution < 1.29 is 9.59 Å². The maximum Gasteiger partial charge on any atom is 0.258 e. The van der Waals surface area contributed by atoms with Crippen LogP contribution in [0, 0.1) is 0 Å². The van der Waals surface area contributed by atoms with E-state index in [-0.39, 0.29) is 18.4 Å². The van der Waals surface area contributed by atoms with Gasteiger partial charge < -0.3 is 15.5 Å². The van der Waals surface area contributed by atoms with Crippen molar-refractivity contribution >= 4 is 28.9 Å². The van der Waals surface area contributed by atoms with Crippen molar-refractivity contribution in [3.8, 4) is 0 Å². The normalized spacial score (nSPS) is 12.4. The van der Waals surface area contributed by atoms with Gasteiger partial charge in [0, 0.05) is 29.2 Å². The molecule has 0 unspecified atom stereocenters. The number of anilines is 3. The molecule has 0 spiro atoms. The summed E-state index contributed by atoms with van der Waals surface area (Å²) in [4.78, 5) is 27.1. The second-order valence-corrected chi connectivity index (χ2v) is 7.37. The largest absolute Gasteiger partial charge is 0.376 e. The second kappa shape index (κ2) is 8.82. The Labute approximate surface area is 176 Å². The van der Waals surface area contributed by atoms with Crippen LogP contribution in [-0.4, -0.2) is 24.9 Å². The summed E-state index contributed by atoms with van der Waals surface area (Å²) in [5.74, 6) is -0.159. The fraction of sp³-hybridized carbons (Fsp3) is 0.200. The zero-order valence-electron chi connectivity index (χ0n) is 17.0. The zero-order valence-corrected chi connectivity index (χ0v) is 17.0. The Bertz CT molecular complexity index is 1060. The number of rotatable bonds is 6. The van der Waals surface area contributed by atoms with Gasteiger partial charge in [-0.15, -0.1) is 0 Å². The molecule has 0 atom stereocenters. The SMILES string of the molecule is CCc1ccc(NC(=O)CNc2cccc(C(=O)N3CCc4ccccc43)c2)cc1. The Kier molecular flexibility index (Phi) is 5.80. The van der Waals surface area contributed by atoms with E-state index < -0.39 is 0 Å². The number of para-hydroxylation sites is 1. The van der Waals surface area contributed by atoms with E-state index in [1.165, 1.54) is 11.1 Å². The first-order chi connectivity index (χ1) is 14.6. The number of nitrogens with zero attached hydrogens (tertiary/aromatic N) is 1. The fourth-order valence-electron chi connectivity index (χ4n) is 3.68. The summed E-state index contributed by atoms with van der Waals surface area (Å²) in [6, 6.07) is 23.1. The van der Waals surface area contributed by atoms with Gasteiger partial charge in [0.2, 0.25) is 5.91 Å². The Morgan fingerprint density at radius 3 is 2.53 bits per heavy atom. The van der Waals surface area contributed by atoms with Gasteiger partial charge in [-0.3, -0.25) is 9.59 Å². The highest BCUT2D eigenvalue weighted by atomic mass is 16.2. The van der Waals surface area contributed by atoms with Crippen molar-refractivity contribution in [2.24, 2.45) is 0 Å². The second-order valence-electron chi connectivity index (χ2n) is 7.37. The van der Waals surface area contributed by atoms with Crippen LogP contribution in [0.5, 0.6) is 0 Å². The molecule has 2 N–H and O–H groups in total. The molecule has 2 amide bonds. The number of benzene rings is 3. The van der Waals surface area contributed by atoms with Crippen LogP contribution in [0.25, 0.3) is 0 Å². The summed E-state index contributed by atoms with van der Waals surface area (Å²) < 4.78 is 0. The van der Waals surface area contributed by atoms with Crippen LogP contribution in [0.2, 0.25) is 0 Å².